The lowest BCUT2D eigenvalue weighted by atomic mass is 10.0. The molecular formula is C24H36N2O2. The van der Waals surface area contributed by atoms with Crippen LogP contribution in [0.5, 0.6) is 0 Å². The lowest BCUT2D eigenvalue weighted by Crippen LogP contribution is -2.42. The maximum atomic E-state index is 12.8. The first-order chi connectivity index (χ1) is 13.3. The first-order valence-electron chi connectivity index (χ1n) is 10.2. The Hall–Kier alpha value is -2.36. The Balaban J connectivity index is 3.38. The number of hydrogen-bond donors (Lipinski definition) is 1. The predicted octanol–water partition coefficient (Wildman–Crippen LogP) is 5.07. The molecule has 4 nitrogen and oxygen atoms in total. The number of carbonyl (C=O) groups is 2. The van der Waals surface area contributed by atoms with Gasteiger partial charge in [0.1, 0.15) is 0 Å². The lowest BCUT2D eigenvalue weighted by molar-refractivity contribution is -0.130. The fraction of sp³-hybridized carbons (Fsp3) is 0.500. The smallest absolute Gasteiger partial charge is 0.247 e. The minimum absolute atomic E-state index is 0.0547. The zero-order chi connectivity index (χ0) is 21.3. The highest BCUT2D eigenvalue weighted by Crippen LogP contribution is 2.37. The van der Waals surface area contributed by atoms with Gasteiger partial charge in [-0.25, -0.2) is 0 Å². The Bertz CT molecular complexity index is 710. The summed E-state index contributed by atoms with van der Waals surface area (Å²) in [6.45, 7) is 13.6. The fourth-order valence-electron chi connectivity index (χ4n) is 3.55. The largest absolute Gasteiger partial charge is 0.346 e. The minimum atomic E-state index is -0.0923. The topological polar surface area (TPSA) is 49.4 Å². The van der Waals surface area contributed by atoms with Crippen molar-refractivity contribution in [1.29, 1.82) is 0 Å². The number of nitrogens with one attached hydrogen (secondary N) is 1. The number of nitrogens with zero attached hydrogens (tertiary/aromatic N) is 1. The van der Waals surface area contributed by atoms with Crippen molar-refractivity contribution in [3.8, 4) is 0 Å². The van der Waals surface area contributed by atoms with Crippen LogP contribution in [0, 0.1) is 5.92 Å². The van der Waals surface area contributed by atoms with Gasteiger partial charge >= 0.3 is 0 Å². The molecule has 0 aliphatic heterocycles. The van der Waals surface area contributed by atoms with Crippen molar-refractivity contribution in [2.24, 2.45) is 5.92 Å². The second-order valence-corrected chi connectivity index (χ2v) is 7.30. The van der Waals surface area contributed by atoms with E-state index in [1.165, 1.54) is 0 Å². The summed E-state index contributed by atoms with van der Waals surface area (Å²) in [7, 11) is 0. The van der Waals surface area contributed by atoms with Crippen molar-refractivity contribution >= 4 is 11.8 Å². The van der Waals surface area contributed by atoms with Crippen LogP contribution in [0.1, 0.15) is 61.3 Å². The first-order valence-corrected chi connectivity index (χ1v) is 10.2. The molecule has 0 aromatic carbocycles. The molecule has 0 aromatic heterocycles. The average Bonchev–Trinajstić information content (AvgIpc) is 2.98. The average molecular weight is 385 g/mol. The number of allylic oxidation sites excluding steroid dienone is 8. The van der Waals surface area contributed by atoms with Crippen LogP contribution in [0.3, 0.4) is 0 Å². The summed E-state index contributed by atoms with van der Waals surface area (Å²) < 4.78 is 0. The van der Waals surface area contributed by atoms with Crippen molar-refractivity contribution in [1.82, 2.24) is 10.2 Å². The molecule has 154 valence electrons. The molecule has 0 saturated heterocycles. The number of hydrogen-bond acceptors (Lipinski definition) is 2. The summed E-state index contributed by atoms with van der Waals surface area (Å²) in [6.07, 6.45) is 15.0. The van der Waals surface area contributed by atoms with E-state index in [-0.39, 0.29) is 29.8 Å². The third kappa shape index (κ3) is 5.82. The second kappa shape index (κ2) is 11.5. The van der Waals surface area contributed by atoms with Gasteiger partial charge in [-0.2, -0.15) is 0 Å². The molecule has 1 unspecified atom stereocenters. The van der Waals surface area contributed by atoms with Gasteiger partial charge in [-0.3, -0.25) is 9.59 Å². The van der Waals surface area contributed by atoms with Gasteiger partial charge in [0.15, 0.2) is 0 Å². The molecular weight excluding hydrogens is 348 g/mol. The van der Waals surface area contributed by atoms with E-state index in [1.54, 1.807) is 0 Å². The summed E-state index contributed by atoms with van der Waals surface area (Å²) in [5.41, 5.74) is 2.70. The summed E-state index contributed by atoms with van der Waals surface area (Å²) in [4.78, 5) is 27.2. The zero-order valence-corrected chi connectivity index (χ0v) is 18.5. The quantitative estimate of drug-likeness (QED) is 0.492. The van der Waals surface area contributed by atoms with Crippen molar-refractivity contribution < 1.29 is 9.59 Å². The Morgan fingerprint density at radius 2 is 1.79 bits per heavy atom. The number of carbonyl (C=O) groups excluding carboxylic acids is 2. The molecule has 4 heteroatoms. The van der Waals surface area contributed by atoms with Crippen LogP contribution < -0.4 is 5.32 Å². The van der Waals surface area contributed by atoms with Crippen LogP contribution in [0.15, 0.2) is 59.4 Å². The van der Waals surface area contributed by atoms with Crippen LogP contribution in [0.2, 0.25) is 0 Å². The molecule has 0 radical (unpaired) electrons. The minimum Gasteiger partial charge on any atom is -0.346 e. The number of amides is 2. The Morgan fingerprint density at radius 1 is 1.14 bits per heavy atom. The molecule has 0 heterocycles. The summed E-state index contributed by atoms with van der Waals surface area (Å²) in [6, 6.07) is -0.151. The number of rotatable bonds is 7. The summed E-state index contributed by atoms with van der Waals surface area (Å²) >= 11 is 0. The molecule has 28 heavy (non-hydrogen) atoms. The first kappa shape index (κ1) is 23.7. The van der Waals surface area contributed by atoms with E-state index in [4.69, 9.17) is 0 Å². The van der Waals surface area contributed by atoms with Crippen LogP contribution in [-0.2, 0) is 9.59 Å². The molecule has 2 amide bonds. The standard InChI is InChI=1S/C24H36N2O2/c1-8-12-14-19(7)26(22(27)11-4)21-16-18(6)23(20(21)15-13-9-2)25-24(28)17(5)10-3/h8-10,12-15,18,21,23H,11,16H2,1-7H3,(H,25,28)/b12-8-,13-9-,17-10+,19-14+,20-15-/t18-,21+,23?/m0/s1. The fourth-order valence-corrected chi connectivity index (χ4v) is 3.55. The van der Waals surface area contributed by atoms with Crippen molar-refractivity contribution in [2.75, 3.05) is 0 Å². The van der Waals surface area contributed by atoms with E-state index in [0.29, 0.717) is 12.0 Å². The monoisotopic (exact) mass is 384 g/mol. The predicted molar refractivity (Wildman–Crippen MR) is 118 cm³/mol. The van der Waals surface area contributed by atoms with Gasteiger partial charge in [-0.05, 0) is 58.6 Å². The third-order valence-electron chi connectivity index (χ3n) is 5.26. The molecule has 1 rings (SSSR count). The molecule has 1 aliphatic rings. The highest BCUT2D eigenvalue weighted by Gasteiger charge is 2.41. The molecule has 1 aliphatic carbocycles. The van der Waals surface area contributed by atoms with Gasteiger partial charge in [0.2, 0.25) is 11.8 Å². The van der Waals surface area contributed by atoms with Crippen molar-refractivity contribution in [2.45, 2.75) is 73.4 Å². The van der Waals surface area contributed by atoms with E-state index >= 15 is 0 Å². The Morgan fingerprint density at radius 3 is 2.32 bits per heavy atom. The highest BCUT2D eigenvalue weighted by atomic mass is 16.2. The Labute approximate surface area is 170 Å². The summed E-state index contributed by atoms with van der Waals surface area (Å²) in [5, 5.41) is 3.18. The van der Waals surface area contributed by atoms with Crippen LogP contribution >= 0.6 is 0 Å². The molecule has 0 bridgehead atoms. The maximum Gasteiger partial charge on any atom is 0.247 e. The third-order valence-corrected chi connectivity index (χ3v) is 5.26. The highest BCUT2D eigenvalue weighted by molar-refractivity contribution is 5.93. The van der Waals surface area contributed by atoms with Gasteiger partial charge in [0.05, 0.1) is 12.1 Å². The van der Waals surface area contributed by atoms with Crippen LogP contribution in [-0.4, -0.2) is 28.8 Å². The van der Waals surface area contributed by atoms with E-state index in [9.17, 15) is 9.59 Å². The molecule has 1 saturated carbocycles. The SMILES string of the molecule is C/C=C\C=C1/C(NC(=O)/C(C)=C/C)[C@@H](C)C[C@H]1N(C(=O)CC)/C(C)=C/C=C\C. The van der Waals surface area contributed by atoms with E-state index in [0.717, 1.165) is 17.7 Å². The molecule has 0 aromatic rings. The maximum absolute atomic E-state index is 12.8. The van der Waals surface area contributed by atoms with Gasteiger partial charge in [0.25, 0.3) is 0 Å². The van der Waals surface area contributed by atoms with Gasteiger partial charge in [-0.15, -0.1) is 0 Å². The molecule has 1 fully saturated rings. The molecule has 0 spiro atoms. The Kier molecular flexibility index (Phi) is 9.70. The lowest BCUT2D eigenvalue weighted by Gasteiger charge is -2.31. The zero-order valence-electron chi connectivity index (χ0n) is 18.5. The van der Waals surface area contributed by atoms with Crippen molar-refractivity contribution in [3.05, 3.63) is 59.4 Å². The normalized spacial score (nSPS) is 25.1. The molecule has 3 atom stereocenters. The molecule has 1 N–H and O–H groups in total. The van der Waals surface area contributed by atoms with Crippen LogP contribution in [0.4, 0.5) is 0 Å². The van der Waals surface area contributed by atoms with E-state index in [2.05, 4.69) is 18.3 Å². The summed E-state index contributed by atoms with van der Waals surface area (Å²) in [5.74, 6) is 0.274. The van der Waals surface area contributed by atoms with E-state index < -0.39 is 0 Å². The van der Waals surface area contributed by atoms with Gasteiger partial charge < -0.3 is 10.2 Å². The van der Waals surface area contributed by atoms with Crippen molar-refractivity contribution in [3.63, 3.8) is 0 Å². The van der Waals surface area contributed by atoms with Crippen LogP contribution in [0.25, 0.3) is 0 Å². The van der Waals surface area contributed by atoms with Gasteiger partial charge in [-0.1, -0.05) is 50.3 Å². The van der Waals surface area contributed by atoms with E-state index in [1.807, 2.05) is 82.9 Å². The van der Waals surface area contributed by atoms with Gasteiger partial charge in [0, 0.05) is 17.7 Å². The second-order valence-electron chi connectivity index (χ2n) is 7.30.